The van der Waals surface area contributed by atoms with E-state index in [2.05, 4.69) is 398 Å². The van der Waals surface area contributed by atoms with Crippen LogP contribution in [0.5, 0.6) is 0 Å². The molecule has 0 fully saturated rings. The summed E-state index contributed by atoms with van der Waals surface area (Å²) in [4.78, 5) is 12.6. The lowest BCUT2D eigenvalue weighted by molar-refractivity contribution is 1.28. The van der Waals surface area contributed by atoms with Crippen LogP contribution in [0.1, 0.15) is 0 Å². The molecule has 0 aliphatic heterocycles. The molecule has 0 spiro atoms. The van der Waals surface area contributed by atoms with Gasteiger partial charge in [0.1, 0.15) is 0 Å². The molecule has 109 heavy (non-hydrogen) atoms. The van der Waals surface area contributed by atoms with Crippen LogP contribution in [-0.2, 0) is 0 Å². The van der Waals surface area contributed by atoms with Gasteiger partial charge in [-0.15, -0.1) is 68.0 Å². The van der Waals surface area contributed by atoms with Gasteiger partial charge in [0, 0.05) is 113 Å². The van der Waals surface area contributed by atoms with E-state index in [0.29, 0.717) is 0 Å². The van der Waals surface area contributed by atoms with Gasteiger partial charge in [0.15, 0.2) is 0 Å². The van der Waals surface area contributed by atoms with E-state index in [9.17, 15) is 0 Å². The second kappa shape index (κ2) is 31.6. The second-order valence-electron chi connectivity index (χ2n) is 26.5. The Morgan fingerprint density at radius 3 is 0.734 bits per heavy atom. The van der Waals surface area contributed by atoms with Gasteiger partial charge in [-0.2, -0.15) is 0 Å². The van der Waals surface area contributed by atoms with Crippen molar-refractivity contribution in [3.63, 3.8) is 0 Å². The highest BCUT2D eigenvalue weighted by molar-refractivity contribution is 7.26. The van der Waals surface area contributed by atoms with Crippen molar-refractivity contribution < 1.29 is 0 Å². The van der Waals surface area contributed by atoms with Gasteiger partial charge < -0.3 is 10.2 Å². The number of benzene rings is 14. The number of anilines is 5. The molecule has 14 aromatic carbocycles. The lowest BCUT2D eigenvalue weighted by Gasteiger charge is -2.26. The van der Waals surface area contributed by atoms with E-state index in [-0.39, 0.29) is 0 Å². The predicted octanol–water partition coefficient (Wildman–Crippen LogP) is 32.6. The zero-order valence-electron chi connectivity index (χ0n) is 58.9. The summed E-state index contributed by atoms with van der Waals surface area (Å²) in [7, 11) is 0. The van der Waals surface area contributed by atoms with Crippen LogP contribution in [0.15, 0.2) is 400 Å². The maximum Gasteiger partial charge on any atom is 0.0462 e. The average Bonchev–Trinajstić information content (AvgIpc) is 1.71. The first kappa shape index (κ1) is 69.0. The molecule has 2 nitrogen and oxygen atoms in total. The van der Waals surface area contributed by atoms with Crippen LogP contribution in [0.2, 0.25) is 5.02 Å². The van der Waals surface area contributed by atoms with Gasteiger partial charge in [-0.25, -0.2) is 0 Å². The molecular weight excluding hydrogens is 1460 g/mol. The van der Waals surface area contributed by atoms with E-state index in [4.69, 9.17) is 11.6 Å². The number of halogens is 1. The Kier molecular flexibility index (Phi) is 20.0. The summed E-state index contributed by atoms with van der Waals surface area (Å²) in [5.41, 5.74) is 20.4. The molecule has 0 amide bonds. The standard InChI is InChI=1S/C50H33NS3.C32H23NS2.C18H11ClS/c1-3-9-35(10-4-1)45-29-31-47(52-45)37-17-24-41(25-18-37)51(42-26-19-38(20-27-42)48-32-30-46(53-48)36-11-5-2-6-12-36)40-22-15-34(16-23-40)39-21-28-50-44(33-39)43-13-7-8-14-49(43)54-50;1-3-7-23(8-4-1)29-19-21-31(34-29)25-11-15-27(16-12-25)33-28-17-13-26(14-18-28)32-22-20-30(35-32)24-9-5-2-6-10-24;19-14-8-5-12(6-9-14)13-7-10-18-16(11-13)15-3-1-2-4-17(15)20-18/h1-33H;1-22,33H;1-11H. The number of nitrogens with zero attached hydrogens (tertiary/aromatic N) is 1. The van der Waals surface area contributed by atoms with Crippen molar-refractivity contribution >= 4 is 148 Å². The Bertz CT molecular complexity index is 6220. The van der Waals surface area contributed by atoms with Crippen LogP contribution in [0, 0.1) is 0 Å². The van der Waals surface area contributed by atoms with E-state index in [1.807, 2.05) is 80.2 Å². The molecule has 0 saturated carbocycles. The third-order valence-corrected chi connectivity index (χ3v) is 26.8. The summed E-state index contributed by atoms with van der Waals surface area (Å²) in [6, 6.07) is 143. The SMILES string of the molecule is Clc1ccc(-c2ccc3sc4ccccc4c3c2)cc1.c1ccc(-c2ccc(-c3ccc(N(c4ccc(-c5ccc6sc7ccccc7c6c5)cc4)c4ccc(-c5ccc(-c6ccccc6)s5)cc4)cc3)s2)cc1.c1ccc(-c2ccc(-c3ccc(Nc4ccc(-c5ccc(-c6ccccc6)s5)cc4)cc3)s2)cc1. The molecular formula is C100H67ClN2S6. The molecule has 0 bridgehead atoms. The highest BCUT2D eigenvalue weighted by Crippen LogP contribution is 2.45. The van der Waals surface area contributed by atoms with Crippen LogP contribution in [0.25, 0.3) is 146 Å². The highest BCUT2D eigenvalue weighted by Gasteiger charge is 2.18. The van der Waals surface area contributed by atoms with Crippen LogP contribution >= 0.6 is 79.6 Å². The Labute approximate surface area is 663 Å². The van der Waals surface area contributed by atoms with Gasteiger partial charge in [0.25, 0.3) is 0 Å². The molecule has 0 aliphatic carbocycles. The van der Waals surface area contributed by atoms with E-state index in [1.165, 1.54) is 146 Å². The van der Waals surface area contributed by atoms with E-state index >= 15 is 0 Å². The molecule has 9 heteroatoms. The summed E-state index contributed by atoms with van der Waals surface area (Å²) >= 11 is 17.0. The van der Waals surface area contributed by atoms with Crippen LogP contribution < -0.4 is 10.2 Å². The first-order valence-electron chi connectivity index (χ1n) is 36.2. The molecule has 20 rings (SSSR count). The molecule has 6 heterocycles. The molecule has 20 aromatic rings. The summed E-state index contributed by atoms with van der Waals surface area (Å²) in [5.74, 6) is 0. The van der Waals surface area contributed by atoms with Gasteiger partial charge in [0.05, 0.1) is 0 Å². The third-order valence-electron chi connectivity index (χ3n) is 19.5. The number of rotatable bonds is 15. The molecule has 0 aliphatic rings. The fourth-order valence-electron chi connectivity index (χ4n) is 13.9. The normalized spacial score (nSPS) is 11.2. The Morgan fingerprint density at radius 1 is 0.183 bits per heavy atom. The van der Waals surface area contributed by atoms with Gasteiger partial charge >= 0.3 is 0 Å². The molecule has 0 radical (unpaired) electrons. The van der Waals surface area contributed by atoms with E-state index < -0.39 is 0 Å². The lowest BCUT2D eigenvalue weighted by Crippen LogP contribution is -2.09. The van der Waals surface area contributed by atoms with Gasteiger partial charge in [-0.05, 0) is 224 Å². The highest BCUT2D eigenvalue weighted by atomic mass is 35.5. The molecule has 0 saturated heterocycles. The number of fused-ring (bicyclic) bond motifs is 6. The number of nitrogens with one attached hydrogen (secondary N) is 1. The zero-order valence-corrected chi connectivity index (χ0v) is 64.5. The minimum Gasteiger partial charge on any atom is -0.356 e. The summed E-state index contributed by atoms with van der Waals surface area (Å²) < 4.78 is 5.34. The Balaban J connectivity index is 0.000000129. The molecule has 0 unspecified atom stereocenters. The minimum atomic E-state index is 0.774. The van der Waals surface area contributed by atoms with E-state index in [1.54, 1.807) is 0 Å². The molecule has 1 N–H and O–H groups in total. The number of thiophene rings is 6. The van der Waals surface area contributed by atoms with Crippen LogP contribution in [-0.4, -0.2) is 0 Å². The Hall–Kier alpha value is -11.8. The fraction of sp³-hybridized carbons (Fsp3) is 0. The van der Waals surface area contributed by atoms with Crippen molar-refractivity contribution in [2.45, 2.75) is 0 Å². The maximum absolute atomic E-state index is 5.96. The van der Waals surface area contributed by atoms with Gasteiger partial charge in [-0.3, -0.25) is 0 Å². The van der Waals surface area contributed by atoms with Crippen LogP contribution in [0.4, 0.5) is 28.4 Å². The molecule has 6 aromatic heterocycles. The fourth-order valence-corrected chi connectivity index (χ4v) is 20.2. The van der Waals surface area contributed by atoms with Crippen molar-refractivity contribution in [1.82, 2.24) is 0 Å². The summed E-state index contributed by atoms with van der Waals surface area (Å²) in [6.45, 7) is 0. The average molecular weight is 1520 g/mol. The zero-order chi connectivity index (χ0) is 72.8. The maximum atomic E-state index is 5.96. The number of hydrogen-bond acceptors (Lipinski definition) is 8. The van der Waals surface area contributed by atoms with Crippen molar-refractivity contribution in [3.05, 3.63) is 405 Å². The first-order valence-corrected chi connectivity index (χ1v) is 41.4. The van der Waals surface area contributed by atoms with Crippen molar-refractivity contribution in [2.24, 2.45) is 0 Å². The first-order chi connectivity index (χ1) is 53.9. The predicted molar refractivity (Wildman–Crippen MR) is 480 cm³/mol. The minimum absolute atomic E-state index is 0.774. The van der Waals surface area contributed by atoms with Crippen molar-refractivity contribution in [2.75, 3.05) is 10.2 Å². The quantitative estimate of drug-likeness (QED) is 0.110. The largest absolute Gasteiger partial charge is 0.356 e. The smallest absolute Gasteiger partial charge is 0.0462 e. The van der Waals surface area contributed by atoms with Crippen LogP contribution in [0.3, 0.4) is 0 Å². The summed E-state index contributed by atoms with van der Waals surface area (Å²) in [6.07, 6.45) is 0. The van der Waals surface area contributed by atoms with Gasteiger partial charge in [0.2, 0.25) is 0 Å². The second-order valence-corrected chi connectivity index (χ2v) is 33.4. The van der Waals surface area contributed by atoms with Crippen molar-refractivity contribution in [3.8, 4) is 106 Å². The summed E-state index contributed by atoms with van der Waals surface area (Å²) in [5, 5.41) is 9.62. The third kappa shape index (κ3) is 15.3. The van der Waals surface area contributed by atoms with Gasteiger partial charge in [-0.1, -0.05) is 254 Å². The lowest BCUT2D eigenvalue weighted by atomic mass is 10.0. The molecule has 520 valence electrons. The molecule has 0 atom stereocenters. The van der Waals surface area contributed by atoms with Crippen molar-refractivity contribution in [1.29, 1.82) is 0 Å². The topological polar surface area (TPSA) is 15.3 Å². The number of hydrogen-bond donors (Lipinski definition) is 1. The Morgan fingerprint density at radius 2 is 0.422 bits per heavy atom. The monoisotopic (exact) mass is 1520 g/mol. The van der Waals surface area contributed by atoms with E-state index in [0.717, 1.165) is 33.5 Å².